The Kier molecular flexibility index (Phi) is 9.30. The summed E-state index contributed by atoms with van der Waals surface area (Å²) in [5.41, 5.74) is 6.84. The molecule has 4 aromatic rings. The first-order valence-corrected chi connectivity index (χ1v) is 15.9. The second kappa shape index (κ2) is 12.8. The van der Waals surface area contributed by atoms with Gasteiger partial charge in [0.2, 0.25) is 5.91 Å². The van der Waals surface area contributed by atoms with E-state index in [1.54, 1.807) is 17.2 Å². The highest BCUT2D eigenvalue weighted by Crippen LogP contribution is 2.45. The molecule has 1 fully saturated rings. The summed E-state index contributed by atoms with van der Waals surface area (Å²) in [6.07, 6.45) is 2.89. The van der Waals surface area contributed by atoms with Crippen molar-refractivity contribution in [3.8, 4) is 22.9 Å². The predicted octanol–water partition coefficient (Wildman–Crippen LogP) is 7.79. The molecule has 1 saturated heterocycles. The van der Waals surface area contributed by atoms with Crippen LogP contribution in [-0.2, 0) is 4.79 Å². The maximum absolute atomic E-state index is 15.7. The van der Waals surface area contributed by atoms with Gasteiger partial charge in [-0.1, -0.05) is 55.2 Å². The van der Waals surface area contributed by atoms with E-state index in [0.29, 0.717) is 28.0 Å². The Morgan fingerprint density at radius 2 is 1.77 bits per heavy atom. The Morgan fingerprint density at radius 1 is 1.13 bits per heavy atom. The summed E-state index contributed by atoms with van der Waals surface area (Å²) in [6, 6.07) is 6.22. The van der Waals surface area contributed by atoms with Gasteiger partial charge in [-0.15, -0.1) is 0 Å². The predicted molar refractivity (Wildman–Crippen MR) is 184 cm³/mol. The van der Waals surface area contributed by atoms with Crippen molar-refractivity contribution in [2.45, 2.75) is 52.6 Å². The van der Waals surface area contributed by atoms with Crippen LogP contribution in [0.25, 0.3) is 27.7 Å². The number of pyridine rings is 2. The summed E-state index contributed by atoms with van der Waals surface area (Å²) in [5, 5.41) is 9.46. The third-order valence-corrected chi connectivity index (χ3v) is 9.52. The van der Waals surface area contributed by atoms with Gasteiger partial charge in [0, 0.05) is 52.9 Å². The highest BCUT2D eigenvalue weighted by atomic mass is 35.5. The summed E-state index contributed by atoms with van der Waals surface area (Å²) in [6.45, 7) is 13.6. The molecule has 2 N–H and O–H groups in total. The minimum atomic E-state index is -1.22. The van der Waals surface area contributed by atoms with E-state index >= 15 is 4.39 Å². The molecule has 1 amide bonds. The molecule has 0 bridgehead atoms. The quantitative estimate of drug-likeness (QED) is 0.0987. The Morgan fingerprint density at radius 3 is 2.34 bits per heavy atom. The van der Waals surface area contributed by atoms with Gasteiger partial charge in [-0.3, -0.25) is 19.1 Å². The average Bonchev–Trinajstić information content (AvgIpc) is 3.02. The van der Waals surface area contributed by atoms with Crippen LogP contribution in [0.1, 0.15) is 50.4 Å². The van der Waals surface area contributed by atoms with Crippen molar-refractivity contribution in [3.63, 3.8) is 0 Å². The summed E-state index contributed by atoms with van der Waals surface area (Å²) < 4.78 is 31.6. The van der Waals surface area contributed by atoms with Gasteiger partial charge in [0.15, 0.2) is 11.6 Å². The van der Waals surface area contributed by atoms with Crippen LogP contribution in [0, 0.1) is 29.9 Å². The molecule has 3 heterocycles. The summed E-state index contributed by atoms with van der Waals surface area (Å²) in [5.74, 6) is -2.76. The van der Waals surface area contributed by atoms with Crippen LogP contribution in [-0.4, -0.2) is 45.5 Å². The summed E-state index contributed by atoms with van der Waals surface area (Å²) in [4.78, 5) is 35.4. The molecule has 244 valence electrons. The number of nitrogen functional groups attached to an aromatic ring is 1. The van der Waals surface area contributed by atoms with Crippen molar-refractivity contribution >= 4 is 63.0 Å². The SMILES string of the molecule is C=CC(=O)N1[C@H](C)CN(c2c(C#N)c(=O)n(-c3c(C)ccnc3C(C)C)c3cc(-c4c(N)c(Cl)c(F)c(Cl)c4F)c(Cl)cc23)C[C@@H]1C. The number of rotatable bonds is 5. The minimum absolute atomic E-state index is 0.00227. The fraction of sp³-hybridized carbons (Fsp3) is 0.294. The van der Waals surface area contributed by atoms with Crippen LogP contribution < -0.4 is 16.2 Å². The standard InChI is InChI=1S/C34H31Cl3F2N6O2/c1-7-24(46)44-17(5)13-43(14-18(44)6)33-20-10-22(35)19(25-28(38)26(36)29(39)27(37)30(25)41)11-23(20)45(34(47)21(33)12-40)32-16(4)8-9-42-31(32)15(2)3/h7-11,15,17-18H,1,13-14,41H2,2-6H3/t17-,18+. The molecule has 1 aliphatic heterocycles. The number of amides is 1. The van der Waals surface area contributed by atoms with Crippen molar-refractivity contribution in [1.82, 2.24) is 14.5 Å². The molecular weight excluding hydrogens is 669 g/mol. The molecule has 47 heavy (non-hydrogen) atoms. The fourth-order valence-electron chi connectivity index (χ4n) is 6.48. The maximum atomic E-state index is 15.7. The first kappa shape index (κ1) is 34.2. The number of piperazine rings is 1. The molecule has 2 atom stereocenters. The first-order chi connectivity index (χ1) is 22.2. The lowest BCUT2D eigenvalue weighted by Crippen LogP contribution is -2.58. The van der Waals surface area contributed by atoms with E-state index in [0.717, 1.165) is 0 Å². The number of nitrogens with zero attached hydrogens (tertiary/aromatic N) is 5. The number of nitrogens with two attached hydrogens (primary N) is 1. The highest BCUT2D eigenvalue weighted by Gasteiger charge is 2.35. The third kappa shape index (κ3) is 5.50. The second-order valence-electron chi connectivity index (χ2n) is 11.9. The zero-order valence-corrected chi connectivity index (χ0v) is 28.5. The number of fused-ring (bicyclic) bond motifs is 1. The molecule has 8 nitrogen and oxygen atoms in total. The van der Waals surface area contributed by atoms with Crippen molar-refractivity contribution in [1.29, 1.82) is 5.26 Å². The molecule has 0 saturated carbocycles. The number of halogens is 5. The lowest BCUT2D eigenvalue weighted by molar-refractivity contribution is -0.130. The smallest absolute Gasteiger partial charge is 0.275 e. The van der Waals surface area contributed by atoms with Crippen molar-refractivity contribution in [2.24, 2.45) is 0 Å². The number of benzene rings is 2. The maximum Gasteiger partial charge on any atom is 0.275 e. The molecule has 2 aromatic carbocycles. The molecule has 1 aliphatic rings. The van der Waals surface area contributed by atoms with E-state index in [1.165, 1.54) is 22.8 Å². The van der Waals surface area contributed by atoms with Gasteiger partial charge in [0.1, 0.15) is 21.7 Å². The lowest BCUT2D eigenvalue weighted by atomic mass is 9.97. The topological polar surface area (TPSA) is 108 Å². The number of anilines is 2. The van der Waals surface area contributed by atoms with Crippen molar-refractivity contribution in [3.05, 3.63) is 90.9 Å². The number of carbonyl (C=O) groups is 1. The normalized spacial score (nSPS) is 16.6. The van der Waals surface area contributed by atoms with Crippen LogP contribution in [0.15, 0.2) is 41.8 Å². The summed E-state index contributed by atoms with van der Waals surface area (Å²) in [7, 11) is 0. The fourth-order valence-corrected chi connectivity index (χ4v) is 7.16. The molecule has 2 aromatic heterocycles. The van der Waals surface area contributed by atoms with Gasteiger partial charge in [-0.2, -0.15) is 5.26 Å². The van der Waals surface area contributed by atoms with E-state index in [1.807, 2.05) is 39.5 Å². The van der Waals surface area contributed by atoms with Crippen molar-refractivity contribution in [2.75, 3.05) is 23.7 Å². The molecular formula is C34H31Cl3F2N6O2. The molecule has 0 radical (unpaired) electrons. The van der Waals surface area contributed by atoms with Gasteiger partial charge in [-0.25, -0.2) is 8.78 Å². The lowest BCUT2D eigenvalue weighted by Gasteiger charge is -2.45. The second-order valence-corrected chi connectivity index (χ2v) is 13.1. The Labute approximate surface area is 285 Å². The van der Waals surface area contributed by atoms with Gasteiger partial charge in [-0.05, 0) is 56.5 Å². The van der Waals surface area contributed by atoms with Crippen LogP contribution in [0.3, 0.4) is 0 Å². The number of nitriles is 1. The monoisotopic (exact) mass is 698 g/mol. The van der Waals surface area contributed by atoms with Crippen LogP contribution in [0.2, 0.25) is 15.1 Å². The van der Waals surface area contributed by atoms with E-state index in [-0.39, 0.29) is 64.2 Å². The zero-order valence-electron chi connectivity index (χ0n) is 26.3. The van der Waals surface area contributed by atoms with E-state index in [2.05, 4.69) is 17.6 Å². The molecule has 13 heteroatoms. The van der Waals surface area contributed by atoms with Gasteiger partial charge < -0.3 is 15.5 Å². The van der Waals surface area contributed by atoms with Crippen LogP contribution in [0.4, 0.5) is 20.2 Å². The Balaban J connectivity index is 1.95. The van der Waals surface area contributed by atoms with Gasteiger partial charge in [0.25, 0.3) is 5.56 Å². The number of aromatic nitrogens is 2. The zero-order chi connectivity index (χ0) is 34.6. The number of aryl methyl sites for hydroxylation is 1. The highest BCUT2D eigenvalue weighted by molar-refractivity contribution is 6.39. The van der Waals surface area contributed by atoms with E-state index in [9.17, 15) is 19.2 Å². The van der Waals surface area contributed by atoms with E-state index < -0.39 is 32.9 Å². The summed E-state index contributed by atoms with van der Waals surface area (Å²) >= 11 is 18.9. The van der Waals surface area contributed by atoms with Crippen molar-refractivity contribution < 1.29 is 13.6 Å². The molecule has 0 aliphatic carbocycles. The molecule has 0 spiro atoms. The first-order valence-electron chi connectivity index (χ1n) is 14.8. The van der Waals surface area contributed by atoms with Crippen LogP contribution >= 0.6 is 34.8 Å². The van der Waals surface area contributed by atoms with E-state index in [4.69, 9.17) is 40.5 Å². The largest absolute Gasteiger partial charge is 0.397 e. The number of hydrogen-bond donors (Lipinski definition) is 1. The third-order valence-electron chi connectivity index (χ3n) is 8.51. The van der Waals surface area contributed by atoms with Gasteiger partial charge in [0.05, 0.1) is 28.3 Å². The minimum Gasteiger partial charge on any atom is -0.397 e. The number of hydrogen-bond acceptors (Lipinski definition) is 6. The van der Waals surface area contributed by atoms with Crippen LogP contribution in [0.5, 0.6) is 0 Å². The Bertz CT molecular complexity index is 2050. The van der Waals surface area contributed by atoms with Gasteiger partial charge >= 0.3 is 0 Å². The molecule has 0 unspecified atom stereocenters. The molecule has 5 rings (SSSR count). The average molecular weight is 700 g/mol. The number of carbonyl (C=O) groups excluding carboxylic acids is 1. The Hall–Kier alpha value is -4.17.